The molecule has 2 heterocycles. The zero-order chi connectivity index (χ0) is 17.6. The molecule has 0 aliphatic carbocycles. The molecule has 1 amide bonds. The fraction of sp³-hybridized carbons (Fsp3) is 0.438. The maximum atomic E-state index is 11.9. The standard InChI is InChI=1S/C16H21BrN6O2/c17-12-3-1-11(2-4-12)5-8-19-16(24)25-13-6-9-23(10-7-13)15-20-14(18)21-22-15/h1-4,13H,5-10H2,(H,19,24)(H3,18,20,21,22). The molecule has 1 aliphatic rings. The van der Waals surface area contributed by atoms with Crippen LogP contribution in [0.4, 0.5) is 16.7 Å². The van der Waals surface area contributed by atoms with Crippen molar-refractivity contribution in [2.45, 2.75) is 25.4 Å². The van der Waals surface area contributed by atoms with Crippen LogP contribution in [-0.2, 0) is 11.2 Å². The van der Waals surface area contributed by atoms with Crippen LogP contribution in [0.15, 0.2) is 28.7 Å². The van der Waals surface area contributed by atoms with E-state index in [1.54, 1.807) is 0 Å². The van der Waals surface area contributed by atoms with Crippen LogP contribution < -0.4 is 16.0 Å². The Kier molecular flexibility index (Phi) is 5.75. The van der Waals surface area contributed by atoms with Gasteiger partial charge in [-0.15, -0.1) is 5.10 Å². The van der Waals surface area contributed by atoms with Gasteiger partial charge in [-0.05, 0) is 24.1 Å². The molecule has 9 heteroatoms. The van der Waals surface area contributed by atoms with Crippen LogP contribution in [0.2, 0.25) is 0 Å². The number of aromatic nitrogens is 3. The molecule has 1 aromatic carbocycles. The normalized spacial score (nSPS) is 15.2. The van der Waals surface area contributed by atoms with Crippen LogP contribution in [-0.4, -0.2) is 47.0 Å². The van der Waals surface area contributed by atoms with Crippen molar-refractivity contribution in [1.82, 2.24) is 20.5 Å². The summed E-state index contributed by atoms with van der Waals surface area (Å²) in [6.07, 6.45) is 1.81. The van der Waals surface area contributed by atoms with Gasteiger partial charge in [0, 0.05) is 36.9 Å². The predicted molar refractivity (Wildman–Crippen MR) is 98.4 cm³/mol. The van der Waals surface area contributed by atoms with E-state index in [4.69, 9.17) is 10.5 Å². The quantitative estimate of drug-likeness (QED) is 0.698. The van der Waals surface area contributed by atoms with Gasteiger partial charge in [0.15, 0.2) is 0 Å². The number of anilines is 2. The van der Waals surface area contributed by atoms with Gasteiger partial charge in [-0.2, -0.15) is 4.98 Å². The molecule has 3 rings (SSSR count). The fourth-order valence-electron chi connectivity index (χ4n) is 2.73. The number of alkyl carbamates (subject to hydrolysis) is 1. The van der Waals surface area contributed by atoms with Crippen LogP contribution in [0.3, 0.4) is 0 Å². The van der Waals surface area contributed by atoms with Gasteiger partial charge in [0.25, 0.3) is 0 Å². The lowest BCUT2D eigenvalue weighted by molar-refractivity contribution is 0.0832. The number of rotatable bonds is 5. The number of hydrogen-bond acceptors (Lipinski definition) is 6. The van der Waals surface area contributed by atoms with Crippen molar-refractivity contribution in [2.24, 2.45) is 0 Å². The number of piperidine rings is 1. The van der Waals surface area contributed by atoms with Crippen molar-refractivity contribution in [3.05, 3.63) is 34.3 Å². The molecule has 8 nitrogen and oxygen atoms in total. The number of hydrogen-bond donors (Lipinski definition) is 3. The van der Waals surface area contributed by atoms with E-state index in [2.05, 4.69) is 36.4 Å². The Morgan fingerprint density at radius 1 is 1.36 bits per heavy atom. The van der Waals surface area contributed by atoms with Crippen LogP contribution in [0.25, 0.3) is 0 Å². The van der Waals surface area contributed by atoms with E-state index in [1.165, 1.54) is 5.56 Å². The SMILES string of the molecule is Nc1nc(N2CCC(OC(=O)NCCc3ccc(Br)cc3)CC2)n[nH]1. The first-order chi connectivity index (χ1) is 12.1. The highest BCUT2D eigenvalue weighted by Crippen LogP contribution is 2.18. The lowest BCUT2D eigenvalue weighted by atomic mass is 10.1. The minimum Gasteiger partial charge on any atom is -0.446 e. The van der Waals surface area contributed by atoms with Gasteiger partial charge in [0.2, 0.25) is 11.9 Å². The molecule has 0 bridgehead atoms. The molecule has 0 radical (unpaired) electrons. The zero-order valence-electron chi connectivity index (χ0n) is 13.7. The number of carbonyl (C=O) groups is 1. The molecular weight excluding hydrogens is 388 g/mol. The molecule has 2 aromatic rings. The molecular formula is C16H21BrN6O2. The molecule has 0 spiro atoms. The lowest BCUT2D eigenvalue weighted by Crippen LogP contribution is -2.40. The number of H-pyrrole nitrogens is 1. The fourth-order valence-corrected chi connectivity index (χ4v) is 3.00. The molecule has 1 aromatic heterocycles. The Bertz CT molecular complexity index is 697. The first-order valence-electron chi connectivity index (χ1n) is 8.22. The predicted octanol–water partition coefficient (Wildman–Crippen LogP) is 2.09. The second-order valence-corrected chi connectivity index (χ2v) is 6.83. The van der Waals surface area contributed by atoms with E-state index in [9.17, 15) is 4.79 Å². The maximum Gasteiger partial charge on any atom is 0.407 e. The number of benzene rings is 1. The number of nitrogens with one attached hydrogen (secondary N) is 2. The smallest absolute Gasteiger partial charge is 0.407 e. The molecule has 0 atom stereocenters. The summed E-state index contributed by atoms with van der Waals surface area (Å²) >= 11 is 3.40. The molecule has 1 saturated heterocycles. The number of amides is 1. The van der Waals surface area contributed by atoms with Crippen molar-refractivity contribution in [1.29, 1.82) is 0 Å². The largest absolute Gasteiger partial charge is 0.446 e. The number of nitrogen functional groups attached to an aromatic ring is 1. The van der Waals surface area contributed by atoms with E-state index in [1.807, 2.05) is 29.2 Å². The molecule has 25 heavy (non-hydrogen) atoms. The highest BCUT2D eigenvalue weighted by molar-refractivity contribution is 9.10. The van der Waals surface area contributed by atoms with Gasteiger partial charge in [-0.3, -0.25) is 0 Å². The van der Waals surface area contributed by atoms with Crippen molar-refractivity contribution in [3.8, 4) is 0 Å². The van der Waals surface area contributed by atoms with E-state index in [0.29, 0.717) is 18.4 Å². The first-order valence-corrected chi connectivity index (χ1v) is 9.01. The van der Waals surface area contributed by atoms with Gasteiger partial charge in [-0.1, -0.05) is 28.1 Å². The number of nitrogens with two attached hydrogens (primary N) is 1. The maximum absolute atomic E-state index is 11.9. The van der Waals surface area contributed by atoms with E-state index in [-0.39, 0.29) is 12.2 Å². The molecule has 4 N–H and O–H groups in total. The summed E-state index contributed by atoms with van der Waals surface area (Å²) in [7, 11) is 0. The average molecular weight is 409 g/mol. The third-order valence-corrected chi connectivity index (χ3v) is 4.61. The molecule has 134 valence electrons. The second-order valence-electron chi connectivity index (χ2n) is 5.92. The summed E-state index contributed by atoms with van der Waals surface area (Å²) in [5.41, 5.74) is 6.71. The van der Waals surface area contributed by atoms with Crippen LogP contribution in [0.5, 0.6) is 0 Å². The monoisotopic (exact) mass is 408 g/mol. The van der Waals surface area contributed by atoms with E-state index < -0.39 is 0 Å². The van der Waals surface area contributed by atoms with Crippen molar-refractivity contribution in [2.75, 3.05) is 30.3 Å². The van der Waals surface area contributed by atoms with Crippen LogP contribution in [0.1, 0.15) is 18.4 Å². The summed E-state index contributed by atoms with van der Waals surface area (Å²) < 4.78 is 6.52. The zero-order valence-corrected chi connectivity index (χ0v) is 15.3. The Morgan fingerprint density at radius 3 is 2.72 bits per heavy atom. The Morgan fingerprint density at radius 2 is 2.08 bits per heavy atom. The molecule has 1 fully saturated rings. The minimum absolute atomic E-state index is 0.0831. The Hall–Kier alpha value is -2.29. The Balaban J connectivity index is 1.35. The third kappa shape index (κ3) is 5.09. The lowest BCUT2D eigenvalue weighted by Gasteiger charge is -2.30. The summed E-state index contributed by atoms with van der Waals surface area (Å²) in [5.74, 6) is 0.897. The topological polar surface area (TPSA) is 109 Å². The summed E-state index contributed by atoms with van der Waals surface area (Å²) in [4.78, 5) is 18.0. The number of carbonyl (C=O) groups excluding carboxylic acids is 1. The molecule has 1 aliphatic heterocycles. The van der Waals surface area contributed by atoms with Crippen molar-refractivity contribution >= 4 is 33.9 Å². The third-order valence-electron chi connectivity index (χ3n) is 4.09. The molecule has 0 saturated carbocycles. The summed E-state index contributed by atoms with van der Waals surface area (Å²) in [5, 5.41) is 9.47. The highest BCUT2D eigenvalue weighted by Gasteiger charge is 2.24. The first kappa shape index (κ1) is 17.5. The van der Waals surface area contributed by atoms with Gasteiger partial charge in [0.1, 0.15) is 6.10 Å². The number of halogens is 1. The van der Waals surface area contributed by atoms with E-state index >= 15 is 0 Å². The van der Waals surface area contributed by atoms with Crippen LogP contribution >= 0.6 is 15.9 Å². The average Bonchev–Trinajstić information content (AvgIpc) is 3.04. The number of nitrogens with zero attached hydrogens (tertiary/aromatic N) is 3. The van der Waals surface area contributed by atoms with E-state index in [0.717, 1.165) is 36.8 Å². The summed E-state index contributed by atoms with van der Waals surface area (Å²) in [6.45, 7) is 2.01. The van der Waals surface area contributed by atoms with Gasteiger partial charge >= 0.3 is 6.09 Å². The minimum atomic E-state index is -0.363. The van der Waals surface area contributed by atoms with Crippen LogP contribution in [0, 0.1) is 0 Å². The number of aromatic amines is 1. The summed E-state index contributed by atoms with van der Waals surface area (Å²) in [6, 6.07) is 8.04. The second kappa shape index (κ2) is 8.19. The van der Waals surface area contributed by atoms with Crippen molar-refractivity contribution < 1.29 is 9.53 Å². The van der Waals surface area contributed by atoms with Gasteiger partial charge < -0.3 is 20.7 Å². The molecule has 0 unspecified atom stereocenters. The Labute approximate surface area is 154 Å². The van der Waals surface area contributed by atoms with Gasteiger partial charge in [-0.25, -0.2) is 9.89 Å². The van der Waals surface area contributed by atoms with Crippen molar-refractivity contribution in [3.63, 3.8) is 0 Å². The number of ether oxygens (including phenoxy) is 1. The van der Waals surface area contributed by atoms with Gasteiger partial charge in [0.05, 0.1) is 0 Å². The highest BCUT2D eigenvalue weighted by atomic mass is 79.9.